The molecule has 0 N–H and O–H groups in total. The van der Waals surface area contributed by atoms with Crippen LogP contribution in [0.5, 0.6) is 0 Å². The fraction of sp³-hybridized carbons (Fsp3) is 0.200. The molecule has 0 spiro atoms. The van der Waals surface area contributed by atoms with Crippen molar-refractivity contribution in [2.45, 2.75) is 0 Å². The van der Waals surface area contributed by atoms with Crippen LogP contribution in [0.1, 0.15) is 0 Å². The first-order valence-corrected chi connectivity index (χ1v) is 2.49. The van der Waals surface area contributed by atoms with Crippen LogP contribution in [-0.2, 0) is 0 Å². The number of rotatable bonds is 0. The Hall–Kier alpha value is -0.140. The van der Waals surface area contributed by atoms with E-state index in [1.165, 1.54) is 0 Å². The van der Waals surface area contributed by atoms with Gasteiger partial charge in [0, 0.05) is 18.0 Å². The van der Waals surface area contributed by atoms with Crippen LogP contribution in [0.15, 0.2) is 24.4 Å². The average Bonchev–Trinajstić information content (AvgIpc) is 1.69. The van der Waals surface area contributed by atoms with E-state index in [4.69, 9.17) is 11.8 Å². The highest BCUT2D eigenvalue weighted by Gasteiger charge is 1.89. The summed E-state index contributed by atoms with van der Waals surface area (Å²) in [6, 6.07) is 0. The topological polar surface area (TPSA) is 3.24 Å². The maximum absolute atomic E-state index is 5.51. The van der Waals surface area contributed by atoms with Gasteiger partial charge in [-0.15, -0.1) is 12.4 Å². The predicted molar refractivity (Wildman–Crippen MR) is 38.1 cm³/mol. The van der Waals surface area contributed by atoms with Crippen LogP contribution in [0.4, 0.5) is 0 Å². The zero-order valence-electron chi connectivity index (χ0n) is 4.25. The maximum Gasteiger partial charge on any atom is 0.0526 e. The van der Waals surface area contributed by atoms with E-state index in [0.29, 0.717) is 0 Å². The van der Waals surface area contributed by atoms with Gasteiger partial charge < -0.3 is 0 Å². The van der Waals surface area contributed by atoms with E-state index in [-0.39, 0.29) is 12.4 Å². The molecule has 0 aromatic carbocycles. The van der Waals surface area contributed by atoms with Crippen molar-refractivity contribution >= 4 is 24.2 Å². The fourth-order valence-electron chi connectivity index (χ4n) is 0.444. The number of nitrogens with zero attached hydrogens (tertiary/aromatic N) is 1. The minimum absolute atomic E-state index is 0. The third kappa shape index (κ3) is 2.24. The molecular weight excluding hydrogens is 145 g/mol. The number of allylic oxidation sites excluding steroid dienone is 2. The second kappa shape index (κ2) is 3.81. The molecule has 1 aliphatic rings. The molecule has 46 valence electrons. The minimum Gasteiger partial charge on any atom is -0.289 e. The van der Waals surface area contributed by atoms with E-state index in [1.54, 1.807) is 4.42 Å². The minimum atomic E-state index is 0. The van der Waals surface area contributed by atoms with Crippen LogP contribution in [0.2, 0.25) is 0 Å². The van der Waals surface area contributed by atoms with Gasteiger partial charge in [-0.1, -0.05) is 12.2 Å². The van der Waals surface area contributed by atoms with Crippen LogP contribution >= 0.6 is 24.2 Å². The van der Waals surface area contributed by atoms with E-state index in [9.17, 15) is 0 Å². The van der Waals surface area contributed by atoms with Gasteiger partial charge in [0.05, 0.1) is 6.54 Å². The Morgan fingerprint density at radius 3 is 2.38 bits per heavy atom. The molecule has 1 rings (SSSR count). The molecule has 0 bridgehead atoms. The standard InChI is InChI=1S/C5H6ClN.ClH/c6-7-4-2-1-3-5-7;/h1-4H,5H2;1H. The average molecular weight is 152 g/mol. The van der Waals surface area contributed by atoms with Crippen molar-refractivity contribution in [2.24, 2.45) is 0 Å². The van der Waals surface area contributed by atoms with Gasteiger partial charge in [-0.05, 0) is 6.08 Å². The summed E-state index contributed by atoms with van der Waals surface area (Å²) in [6.07, 6.45) is 7.68. The van der Waals surface area contributed by atoms with Crippen molar-refractivity contribution in [3.05, 3.63) is 24.4 Å². The van der Waals surface area contributed by atoms with Crippen LogP contribution in [-0.4, -0.2) is 11.0 Å². The van der Waals surface area contributed by atoms with Crippen LogP contribution in [0, 0.1) is 0 Å². The van der Waals surface area contributed by atoms with Crippen molar-refractivity contribution in [3.63, 3.8) is 0 Å². The lowest BCUT2D eigenvalue weighted by Crippen LogP contribution is -2.04. The highest BCUT2D eigenvalue weighted by Crippen LogP contribution is 1.99. The lowest BCUT2D eigenvalue weighted by atomic mass is 10.4. The zero-order valence-corrected chi connectivity index (χ0v) is 5.82. The summed E-state index contributed by atoms with van der Waals surface area (Å²) in [4.78, 5) is 0. The molecule has 0 unspecified atom stereocenters. The summed E-state index contributed by atoms with van der Waals surface area (Å²) in [6.45, 7) is 0.818. The van der Waals surface area contributed by atoms with Gasteiger partial charge in [0.1, 0.15) is 0 Å². The first-order chi connectivity index (χ1) is 3.39. The molecule has 0 saturated heterocycles. The molecule has 1 heterocycles. The molecule has 0 amide bonds. The Morgan fingerprint density at radius 2 is 2.12 bits per heavy atom. The fourth-order valence-corrected chi connectivity index (χ4v) is 0.589. The smallest absolute Gasteiger partial charge is 0.0526 e. The van der Waals surface area contributed by atoms with Crippen molar-refractivity contribution in [1.29, 1.82) is 0 Å². The quantitative estimate of drug-likeness (QED) is 0.479. The first kappa shape index (κ1) is 7.86. The van der Waals surface area contributed by atoms with Gasteiger partial charge in [-0.3, -0.25) is 4.42 Å². The van der Waals surface area contributed by atoms with Crippen molar-refractivity contribution in [3.8, 4) is 0 Å². The molecule has 0 saturated carbocycles. The van der Waals surface area contributed by atoms with Gasteiger partial charge >= 0.3 is 0 Å². The molecular formula is C5H7Cl2N. The lowest BCUT2D eigenvalue weighted by Gasteiger charge is -2.07. The van der Waals surface area contributed by atoms with E-state index >= 15 is 0 Å². The lowest BCUT2D eigenvalue weighted by molar-refractivity contribution is 0.670. The van der Waals surface area contributed by atoms with Crippen molar-refractivity contribution in [1.82, 2.24) is 4.42 Å². The predicted octanol–water partition coefficient (Wildman–Crippen LogP) is 1.95. The van der Waals surface area contributed by atoms with Gasteiger partial charge in [-0.25, -0.2) is 0 Å². The molecule has 1 nitrogen and oxygen atoms in total. The van der Waals surface area contributed by atoms with E-state index in [1.807, 2.05) is 24.4 Å². The third-order valence-corrected chi connectivity index (χ3v) is 1.03. The number of halogens is 2. The molecule has 3 heteroatoms. The largest absolute Gasteiger partial charge is 0.289 e. The van der Waals surface area contributed by atoms with Gasteiger partial charge in [0.25, 0.3) is 0 Å². The molecule has 0 aromatic heterocycles. The second-order valence-electron chi connectivity index (χ2n) is 1.35. The summed E-state index contributed by atoms with van der Waals surface area (Å²) in [5, 5.41) is 0. The molecule has 0 radical (unpaired) electrons. The van der Waals surface area contributed by atoms with Crippen molar-refractivity contribution < 1.29 is 0 Å². The first-order valence-electron chi connectivity index (χ1n) is 2.15. The van der Waals surface area contributed by atoms with Gasteiger partial charge in [0.2, 0.25) is 0 Å². The highest BCUT2D eigenvalue weighted by molar-refractivity contribution is 6.14. The zero-order chi connectivity index (χ0) is 5.11. The molecule has 0 fully saturated rings. The van der Waals surface area contributed by atoms with E-state index in [0.717, 1.165) is 6.54 Å². The summed E-state index contributed by atoms with van der Waals surface area (Å²) < 4.78 is 1.60. The van der Waals surface area contributed by atoms with Gasteiger partial charge in [-0.2, -0.15) is 0 Å². The monoisotopic (exact) mass is 151 g/mol. The van der Waals surface area contributed by atoms with E-state index < -0.39 is 0 Å². The summed E-state index contributed by atoms with van der Waals surface area (Å²) >= 11 is 5.51. The Kier molecular flexibility index (Phi) is 3.75. The third-order valence-electron chi connectivity index (χ3n) is 0.775. The molecule has 8 heavy (non-hydrogen) atoms. The maximum atomic E-state index is 5.51. The second-order valence-corrected chi connectivity index (χ2v) is 1.79. The van der Waals surface area contributed by atoms with Crippen molar-refractivity contribution in [2.75, 3.05) is 6.54 Å². The molecule has 0 aromatic rings. The van der Waals surface area contributed by atoms with Crippen LogP contribution < -0.4 is 0 Å². The Labute approximate surface area is 60.1 Å². The van der Waals surface area contributed by atoms with Crippen LogP contribution in [0.25, 0.3) is 0 Å². The Balaban J connectivity index is 0.000000490. The molecule has 0 atom stereocenters. The Morgan fingerprint density at radius 1 is 1.38 bits per heavy atom. The summed E-state index contributed by atoms with van der Waals surface area (Å²) in [7, 11) is 0. The Bertz CT molecular complexity index is 109. The summed E-state index contributed by atoms with van der Waals surface area (Å²) in [5.41, 5.74) is 0. The van der Waals surface area contributed by atoms with E-state index in [2.05, 4.69) is 0 Å². The number of hydrogen-bond acceptors (Lipinski definition) is 1. The van der Waals surface area contributed by atoms with Gasteiger partial charge in [0.15, 0.2) is 0 Å². The SMILES string of the molecule is Cl.ClN1C=CC=CC1. The highest BCUT2D eigenvalue weighted by atomic mass is 35.5. The summed E-state index contributed by atoms with van der Waals surface area (Å²) in [5.74, 6) is 0. The molecule has 1 aliphatic heterocycles. The van der Waals surface area contributed by atoms with Crippen LogP contribution in [0.3, 0.4) is 0 Å². The molecule has 0 aliphatic carbocycles. The number of hydrogen-bond donors (Lipinski definition) is 0. The normalized spacial score (nSPS) is 15.9.